The van der Waals surface area contributed by atoms with Gasteiger partial charge in [0.2, 0.25) is 0 Å². The highest BCUT2D eigenvalue weighted by Crippen LogP contribution is 2.19. The van der Waals surface area contributed by atoms with Gasteiger partial charge in [-0.2, -0.15) is 0 Å². The highest BCUT2D eigenvalue weighted by molar-refractivity contribution is 5.80. The minimum Gasteiger partial charge on any atom is -0.369 e. The van der Waals surface area contributed by atoms with Crippen molar-refractivity contribution in [2.45, 2.75) is 6.54 Å². The maximum atomic E-state index is 3.53. The number of anilines is 1. The van der Waals surface area contributed by atoms with Gasteiger partial charge in [-0.1, -0.05) is 36.4 Å². The van der Waals surface area contributed by atoms with E-state index in [0.717, 1.165) is 32.7 Å². The Hall–Kier alpha value is -2.26. The van der Waals surface area contributed by atoms with E-state index in [4.69, 9.17) is 0 Å². The Labute approximate surface area is 131 Å². The van der Waals surface area contributed by atoms with Crippen molar-refractivity contribution in [2.24, 2.45) is 0 Å². The number of benzene rings is 2. The second-order valence-electron chi connectivity index (χ2n) is 5.98. The van der Waals surface area contributed by atoms with E-state index in [1.165, 1.54) is 22.3 Å². The zero-order chi connectivity index (χ0) is 14.8. The van der Waals surface area contributed by atoms with Crippen molar-refractivity contribution in [2.75, 3.05) is 31.1 Å². The molecule has 1 aromatic heterocycles. The lowest BCUT2D eigenvalue weighted by Gasteiger charge is -2.35. The van der Waals surface area contributed by atoms with Crippen LogP contribution in [0.1, 0.15) is 5.69 Å². The summed E-state index contributed by atoms with van der Waals surface area (Å²) >= 11 is 0. The predicted octanol–water partition coefficient (Wildman–Crippen LogP) is 3.49. The summed E-state index contributed by atoms with van der Waals surface area (Å²) in [7, 11) is 0. The van der Waals surface area contributed by atoms with E-state index in [0.29, 0.717) is 0 Å². The number of fused-ring (bicyclic) bond motifs is 1. The van der Waals surface area contributed by atoms with E-state index >= 15 is 0 Å². The quantitative estimate of drug-likeness (QED) is 0.798. The number of piperazine rings is 1. The Bertz CT molecular complexity index is 706. The molecule has 1 aliphatic rings. The van der Waals surface area contributed by atoms with Gasteiger partial charge in [0, 0.05) is 49.6 Å². The summed E-state index contributed by atoms with van der Waals surface area (Å²) in [5.41, 5.74) is 3.89. The zero-order valence-corrected chi connectivity index (χ0v) is 12.7. The van der Waals surface area contributed by atoms with Crippen LogP contribution in [0.15, 0.2) is 60.7 Å². The summed E-state index contributed by atoms with van der Waals surface area (Å²) in [4.78, 5) is 8.54. The second-order valence-corrected chi connectivity index (χ2v) is 5.98. The molecule has 0 unspecified atom stereocenters. The molecule has 0 amide bonds. The van der Waals surface area contributed by atoms with Crippen LogP contribution in [0, 0.1) is 0 Å². The van der Waals surface area contributed by atoms with Gasteiger partial charge in [-0.25, -0.2) is 0 Å². The lowest BCUT2D eigenvalue weighted by atomic mass is 10.2. The van der Waals surface area contributed by atoms with Crippen LogP contribution in [0.5, 0.6) is 0 Å². The standard InChI is InChI=1S/C19H21N3/c1-2-7-18(8-3-1)22-12-10-21(11-13-22)15-17-14-16-6-4-5-9-19(16)20-17/h1-9,14,20H,10-13,15H2. The summed E-state index contributed by atoms with van der Waals surface area (Å²) in [5.74, 6) is 0. The van der Waals surface area contributed by atoms with Crippen LogP contribution in [-0.4, -0.2) is 36.1 Å². The Balaban J connectivity index is 1.39. The average molecular weight is 291 g/mol. The molecule has 22 heavy (non-hydrogen) atoms. The van der Waals surface area contributed by atoms with Crippen molar-refractivity contribution in [3.05, 3.63) is 66.4 Å². The maximum absolute atomic E-state index is 3.53. The summed E-state index contributed by atoms with van der Waals surface area (Å²) in [6.07, 6.45) is 0. The van der Waals surface area contributed by atoms with E-state index in [9.17, 15) is 0 Å². The highest BCUT2D eigenvalue weighted by Gasteiger charge is 2.17. The lowest BCUT2D eigenvalue weighted by Crippen LogP contribution is -2.46. The van der Waals surface area contributed by atoms with Crippen molar-refractivity contribution < 1.29 is 0 Å². The Kier molecular flexibility index (Phi) is 3.57. The van der Waals surface area contributed by atoms with Gasteiger partial charge in [0.05, 0.1) is 0 Å². The first-order valence-corrected chi connectivity index (χ1v) is 7.97. The molecule has 3 aromatic rings. The third-order valence-corrected chi connectivity index (χ3v) is 4.47. The van der Waals surface area contributed by atoms with E-state index < -0.39 is 0 Å². The van der Waals surface area contributed by atoms with Crippen LogP contribution in [0.3, 0.4) is 0 Å². The summed E-state index contributed by atoms with van der Waals surface area (Å²) in [6, 6.07) is 21.5. The van der Waals surface area contributed by atoms with Crippen molar-refractivity contribution in [3.63, 3.8) is 0 Å². The van der Waals surface area contributed by atoms with Gasteiger partial charge >= 0.3 is 0 Å². The maximum Gasteiger partial charge on any atom is 0.0456 e. The number of nitrogens with zero attached hydrogens (tertiary/aromatic N) is 2. The summed E-state index contributed by atoms with van der Waals surface area (Å²) in [6.45, 7) is 5.44. The molecule has 0 atom stereocenters. The summed E-state index contributed by atoms with van der Waals surface area (Å²) < 4.78 is 0. The third-order valence-electron chi connectivity index (χ3n) is 4.47. The fraction of sp³-hybridized carbons (Fsp3) is 0.263. The number of aromatic amines is 1. The van der Waals surface area contributed by atoms with Crippen LogP contribution < -0.4 is 4.90 Å². The SMILES string of the molecule is c1ccc(N2CCN(Cc3cc4ccccc4[nH]3)CC2)cc1. The van der Waals surface area contributed by atoms with Crippen molar-refractivity contribution in [1.82, 2.24) is 9.88 Å². The number of hydrogen-bond donors (Lipinski definition) is 1. The number of aromatic nitrogens is 1. The van der Waals surface area contributed by atoms with Gasteiger partial charge in [-0.15, -0.1) is 0 Å². The first-order valence-electron chi connectivity index (χ1n) is 7.97. The number of para-hydroxylation sites is 2. The highest BCUT2D eigenvalue weighted by atomic mass is 15.3. The Morgan fingerprint density at radius 3 is 2.32 bits per heavy atom. The van der Waals surface area contributed by atoms with Gasteiger partial charge < -0.3 is 9.88 Å². The van der Waals surface area contributed by atoms with Gasteiger partial charge in [-0.05, 0) is 29.7 Å². The molecule has 1 fully saturated rings. The molecule has 0 radical (unpaired) electrons. The third kappa shape index (κ3) is 2.72. The van der Waals surface area contributed by atoms with Crippen LogP contribution in [-0.2, 0) is 6.54 Å². The number of H-pyrrole nitrogens is 1. The number of hydrogen-bond acceptors (Lipinski definition) is 2. The van der Waals surface area contributed by atoms with Crippen molar-refractivity contribution >= 4 is 16.6 Å². The molecule has 2 aromatic carbocycles. The van der Waals surface area contributed by atoms with Crippen molar-refractivity contribution in [1.29, 1.82) is 0 Å². The number of rotatable bonds is 3. The first-order chi connectivity index (χ1) is 10.9. The molecule has 2 heterocycles. The Morgan fingerprint density at radius 2 is 1.55 bits per heavy atom. The molecular formula is C19H21N3. The van der Waals surface area contributed by atoms with E-state index in [-0.39, 0.29) is 0 Å². The van der Waals surface area contributed by atoms with Crippen LogP contribution in [0.4, 0.5) is 5.69 Å². The zero-order valence-electron chi connectivity index (χ0n) is 12.7. The molecule has 1 aliphatic heterocycles. The Morgan fingerprint density at radius 1 is 0.818 bits per heavy atom. The fourth-order valence-corrected chi connectivity index (χ4v) is 3.26. The summed E-state index contributed by atoms with van der Waals surface area (Å²) in [5, 5.41) is 1.31. The molecule has 3 nitrogen and oxygen atoms in total. The van der Waals surface area contributed by atoms with E-state index in [1.54, 1.807) is 0 Å². The lowest BCUT2D eigenvalue weighted by molar-refractivity contribution is 0.247. The average Bonchev–Trinajstić information content (AvgIpc) is 2.98. The van der Waals surface area contributed by atoms with Crippen LogP contribution in [0.2, 0.25) is 0 Å². The molecular weight excluding hydrogens is 270 g/mol. The molecule has 1 saturated heterocycles. The molecule has 112 valence electrons. The molecule has 0 bridgehead atoms. The van der Waals surface area contributed by atoms with Crippen LogP contribution >= 0.6 is 0 Å². The molecule has 3 heteroatoms. The fourth-order valence-electron chi connectivity index (χ4n) is 3.26. The molecule has 0 spiro atoms. The second kappa shape index (κ2) is 5.85. The van der Waals surface area contributed by atoms with Gasteiger partial charge in [-0.3, -0.25) is 4.90 Å². The van der Waals surface area contributed by atoms with Crippen LogP contribution in [0.25, 0.3) is 10.9 Å². The predicted molar refractivity (Wildman–Crippen MR) is 92.2 cm³/mol. The smallest absolute Gasteiger partial charge is 0.0456 e. The monoisotopic (exact) mass is 291 g/mol. The van der Waals surface area contributed by atoms with Gasteiger partial charge in [0.25, 0.3) is 0 Å². The normalized spacial score (nSPS) is 16.3. The molecule has 0 saturated carbocycles. The van der Waals surface area contributed by atoms with E-state index in [2.05, 4.69) is 75.4 Å². The van der Waals surface area contributed by atoms with E-state index in [1.807, 2.05) is 0 Å². The first kappa shape index (κ1) is 13.4. The van der Waals surface area contributed by atoms with Gasteiger partial charge in [0.1, 0.15) is 0 Å². The van der Waals surface area contributed by atoms with Gasteiger partial charge in [0.15, 0.2) is 0 Å². The molecule has 0 aliphatic carbocycles. The molecule has 1 N–H and O–H groups in total. The minimum absolute atomic E-state index is 1.01. The number of nitrogens with one attached hydrogen (secondary N) is 1. The largest absolute Gasteiger partial charge is 0.369 e. The van der Waals surface area contributed by atoms with Crippen molar-refractivity contribution in [3.8, 4) is 0 Å². The molecule has 4 rings (SSSR count). The minimum atomic E-state index is 1.01. The topological polar surface area (TPSA) is 22.3 Å².